The minimum Gasteiger partial charge on any atom is -0.493 e. The molecule has 2 aromatic carbocycles. The molecule has 124 valence electrons. The number of rotatable bonds is 0. The van der Waals surface area contributed by atoms with E-state index in [2.05, 4.69) is 46.3 Å². The summed E-state index contributed by atoms with van der Waals surface area (Å²) in [6.45, 7) is 1.37. The van der Waals surface area contributed by atoms with Gasteiger partial charge in [-0.2, -0.15) is 0 Å². The molecule has 6 rings (SSSR count). The predicted molar refractivity (Wildman–Crippen MR) is 94.5 cm³/mol. The highest BCUT2D eigenvalue weighted by Crippen LogP contribution is 2.56. The third-order valence-corrected chi connectivity index (χ3v) is 6.26. The number of hydrogen-bond donors (Lipinski definition) is 1. The van der Waals surface area contributed by atoms with Gasteiger partial charge in [-0.1, -0.05) is 36.4 Å². The van der Waals surface area contributed by atoms with Gasteiger partial charge in [0.1, 0.15) is 11.3 Å². The van der Waals surface area contributed by atoms with E-state index in [1.54, 1.807) is 0 Å². The summed E-state index contributed by atoms with van der Waals surface area (Å²) in [4.78, 5) is 18.7. The van der Waals surface area contributed by atoms with Gasteiger partial charge in [-0.25, -0.2) is 0 Å². The van der Waals surface area contributed by atoms with Crippen LogP contribution in [0.3, 0.4) is 0 Å². The largest absolute Gasteiger partial charge is 0.493 e. The van der Waals surface area contributed by atoms with Gasteiger partial charge in [0.25, 0.3) is 0 Å². The van der Waals surface area contributed by atoms with Crippen molar-refractivity contribution in [1.82, 2.24) is 9.88 Å². The summed E-state index contributed by atoms with van der Waals surface area (Å²) in [6.07, 6.45) is 1.46. The van der Waals surface area contributed by atoms with Crippen LogP contribution in [-0.2, 0) is 16.8 Å². The molecular formula is C21H18N2O2. The second kappa shape index (κ2) is 4.45. The molecule has 0 bridgehead atoms. The molecule has 0 saturated carbocycles. The monoisotopic (exact) mass is 330 g/mol. The number of carbonyl (C=O) groups excluding carboxylic acids is 1. The fraction of sp³-hybridized carbons (Fsp3) is 0.286. The highest BCUT2D eigenvalue weighted by atomic mass is 16.5. The van der Waals surface area contributed by atoms with Crippen LogP contribution in [0.25, 0.3) is 10.9 Å². The van der Waals surface area contributed by atoms with Gasteiger partial charge in [0.15, 0.2) is 0 Å². The number of hydrogen-bond acceptors (Lipinski definition) is 2. The van der Waals surface area contributed by atoms with Crippen LogP contribution in [-0.4, -0.2) is 28.9 Å². The lowest BCUT2D eigenvalue weighted by molar-refractivity contribution is -0.131. The molecular weight excluding hydrogens is 312 g/mol. The molecule has 25 heavy (non-hydrogen) atoms. The van der Waals surface area contributed by atoms with Crippen molar-refractivity contribution in [2.24, 2.45) is 5.92 Å². The van der Waals surface area contributed by atoms with Gasteiger partial charge >= 0.3 is 0 Å². The van der Waals surface area contributed by atoms with Crippen LogP contribution >= 0.6 is 0 Å². The molecule has 4 heterocycles. The minimum absolute atomic E-state index is 0.155. The van der Waals surface area contributed by atoms with Crippen molar-refractivity contribution in [3.8, 4) is 5.75 Å². The fourth-order valence-electron chi connectivity index (χ4n) is 5.31. The molecule has 0 radical (unpaired) electrons. The highest BCUT2D eigenvalue weighted by molar-refractivity contribution is 5.89. The fourth-order valence-corrected chi connectivity index (χ4v) is 5.31. The van der Waals surface area contributed by atoms with Gasteiger partial charge in [0.05, 0.1) is 12.3 Å². The van der Waals surface area contributed by atoms with Crippen LogP contribution in [0.1, 0.15) is 23.2 Å². The molecule has 1 saturated heterocycles. The zero-order chi connectivity index (χ0) is 16.6. The molecule has 1 fully saturated rings. The standard InChI is InChI=1S/C21H18N2O2/c24-19-11-13-12-25-18-8-4-2-6-16(18)21(13)20-15(9-10-23(19)21)14-5-1-3-7-17(14)22-20/h1-8,13,22H,9-12H2/t13-,21-/m0/s1. The molecule has 3 aliphatic heterocycles. The molecule has 1 spiro atoms. The Bertz CT molecular complexity index is 1040. The molecule has 3 aliphatic rings. The maximum absolute atomic E-state index is 12.9. The van der Waals surface area contributed by atoms with E-state index in [0.29, 0.717) is 13.0 Å². The van der Waals surface area contributed by atoms with Crippen LogP contribution < -0.4 is 4.74 Å². The number of aromatic amines is 1. The number of para-hydroxylation sites is 2. The van der Waals surface area contributed by atoms with E-state index < -0.39 is 5.54 Å². The van der Waals surface area contributed by atoms with E-state index in [0.717, 1.165) is 29.8 Å². The molecule has 4 heteroatoms. The van der Waals surface area contributed by atoms with Crippen molar-refractivity contribution >= 4 is 16.8 Å². The van der Waals surface area contributed by atoms with Crippen LogP contribution in [0.4, 0.5) is 0 Å². The first-order valence-corrected chi connectivity index (χ1v) is 8.93. The number of nitrogens with one attached hydrogen (secondary N) is 1. The number of benzene rings is 2. The summed E-state index contributed by atoms with van der Waals surface area (Å²) in [5.41, 5.74) is 4.45. The second-order valence-corrected chi connectivity index (χ2v) is 7.29. The summed E-state index contributed by atoms with van der Waals surface area (Å²) in [5.74, 6) is 1.31. The first-order chi connectivity index (χ1) is 12.3. The summed E-state index contributed by atoms with van der Waals surface area (Å²) >= 11 is 0. The zero-order valence-electron chi connectivity index (χ0n) is 13.8. The van der Waals surface area contributed by atoms with Gasteiger partial charge in [0, 0.05) is 35.3 Å². The van der Waals surface area contributed by atoms with Gasteiger partial charge in [-0.3, -0.25) is 4.79 Å². The summed E-state index contributed by atoms with van der Waals surface area (Å²) in [5, 5.41) is 1.29. The SMILES string of the molecule is O=C1C[C@H]2COc3ccccc3[C@]23c2[nH]c4ccccc4c2CCN13. The van der Waals surface area contributed by atoms with E-state index in [4.69, 9.17) is 4.74 Å². The number of H-pyrrole nitrogens is 1. The first-order valence-electron chi connectivity index (χ1n) is 8.93. The van der Waals surface area contributed by atoms with E-state index >= 15 is 0 Å². The Morgan fingerprint density at radius 3 is 2.92 bits per heavy atom. The molecule has 4 nitrogen and oxygen atoms in total. The number of amides is 1. The number of nitrogens with zero attached hydrogens (tertiary/aromatic N) is 1. The average Bonchev–Trinajstić information content (AvgIpc) is 3.17. The minimum atomic E-state index is -0.404. The quantitative estimate of drug-likeness (QED) is 0.688. The Morgan fingerprint density at radius 2 is 1.96 bits per heavy atom. The van der Waals surface area contributed by atoms with Crippen molar-refractivity contribution in [2.75, 3.05) is 13.2 Å². The van der Waals surface area contributed by atoms with Gasteiger partial charge < -0.3 is 14.6 Å². The lowest BCUT2D eigenvalue weighted by atomic mass is 9.71. The summed E-state index contributed by atoms with van der Waals surface area (Å²) in [7, 11) is 0. The maximum atomic E-state index is 12.9. The maximum Gasteiger partial charge on any atom is 0.224 e. The van der Waals surface area contributed by atoms with Crippen molar-refractivity contribution in [3.63, 3.8) is 0 Å². The molecule has 1 amide bonds. The van der Waals surface area contributed by atoms with E-state index in [1.165, 1.54) is 16.6 Å². The van der Waals surface area contributed by atoms with E-state index in [-0.39, 0.29) is 11.8 Å². The number of ether oxygens (including phenoxy) is 1. The highest BCUT2D eigenvalue weighted by Gasteiger charge is 2.60. The molecule has 0 unspecified atom stereocenters. The summed E-state index contributed by atoms with van der Waals surface area (Å²) < 4.78 is 6.03. The van der Waals surface area contributed by atoms with Crippen molar-refractivity contribution < 1.29 is 9.53 Å². The lowest BCUT2D eigenvalue weighted by Gasteiger charge is -2.48. The number of aromatic nitrogens is 1. The molecule has 3 aromatic rings. The Morgan fingerprint density at radius 1 is 1.12 bits per heavy atom. The Labute approximate surface area is 145 Å². The number of fused-ring (bicyclic) bond motifs is 4. The molecule has 1 aromatic heterocycles. The Balaban J connectivity index is 1.75. The van der Waals surface area contributed by atoms with Gasteiger partial charge in [-0.15, -0.1) is 0 Å². The van der Waals surface area contributed by atoms with Gasteiger partial charge in [-0.05, 0) is 24.1 Å². The van der Waals surface area contributed by atoms with Crippen LogP contribution in [0.2, 0.25) is 0 Å². The van der Waals surface area contributed by atoms with Crippen LogP contribution in [0.15, 0.2) is 48.5 Å². The van der Waals surface area contributed by atoms with Gasteiger partial charge in [0.2, 0.25) is 5.91 Å². The van der Waals surface area contributed by atoms with Crippen LogP contribution in [0, 0.1) is 5.92 Å². The normalized spacial score (nSPS) is 26.6. The average molecular weight is 330 g/mol. The zero-order valence-corrected chi connectivity index (χ0v) is 13.8. The number of carbonyl (C=O) groups is 1. The molecule has 1 N–H and O–H groups in total. The molecule has 2 atom stereocenters. The Hall–Kier alpha value is -2.75. The summed E-state index contributed by atoms with van der Waals surface area (Å²) in [6, 6.07) is 16.7. The molecule has 0 aliphatic carbocycles. The van der Waals surface area contributed by atoms with E-state index in [9.17, 15) is 4.79 Å². The first kappa shape index (κ1) is 13.5. The second-order valence-electron chi connectivity index (χ2n) is 7.29. The van der Waals surface area contributed by atoms with Crippen molar-refractivity contribution in [2.45, 2.75) is 18.4 Å². The van der Waals surface area contributed by atoms with Crippen molar-refractivity contribution in [3.05, 3.63) is 65.4 Å². The van der Waals surface area contributed by atoms with Crippen molar-refractivity contribution in [1.29, 1.82) is 0 Å². The van der Waals surface area contributed by atoms with Crippen LogP contribution in [0.5, 0.6) is 5.75 Å². The van der Waals surface area contributed by atoms with E-state index in [1.807, 2.05) is 12.1 Å². The lowest BCUT2D eigenvalue weighted by Crippen LogP contribution is -2.54. The Kier molecular flexibility index (Phi) is 2.41. The third-order valence-electron chi connectivity index (χ3n) is 6.26. The predicted octanol–water partition coefficient (Wildman–Crippen LogP) is 3.21. The third kappa shape index (κ3) is 1.47. The smallest absolute Gasteiger partial charge is 0.224 e. The topological polar surface area (TPSA) is 45.3 Å².